The van der Waals surface area contributed by atoms with Crippen molar-refractivity contribution in [1.29, 1.82) is 0 Å². The third-order valence-corrected chi connectivity index (χ3v) is 5.74. The third kappa shape index (κ3) is 3.18. The van der Waals surface area contributed by atoms with Crippen LogP contribution in [0.4, 0.5) is 11.4 Å². The summed E-state index contributed by atoms with van der Waals surface area (Å²) in [5.74, 6) is 0. The minimum Gasteiger partial charge on any atom is -0.396 e. The monoisotopic (exact) mass is 459 g/mol. The molecule has 0 radical (unpaired) electrons. The fourth-order valence-electron chi connectivity index (χ4n) is 3.50. The number of rotatable bonds is 3. The van der Waals surface area contributed by atoms with Crippen molar-refractivity contribution in [2.24, 2.45) is 14.1 Å². The van der Waals surface area contributed by atoms with Gasteiger partial charge in [-0.1, -0.05) is 35.3 Å². The van der Waals surface area contributed by atoms with Gasteiger partial charge in [-0.2, -0.15) is 0 Å². The Balaban J connectivity index is 2.21. The van der Waals surface area contributed by atoms with Crippen molar-refractivity contribution in [3.63, 3.8) is 0 Å². The van der Waals surface area contributed by atoms with Gasteiger partial charge in [0.25, 0.3) is 11.2 Å². The van der Waals surface area contributed by atoms with Gasteiger partial charge in [0.2, 0.25) is 0 Å². The highest BCUT2D eigenvalue weighted by Gasteiger charge is 2.22. The number of hydrogen-bond donors (Lipinski definition) is 1. The van der Waals surface area contributed by atoms with E-state index in [-0.39, 0.29) is 26.8 Å². The van der Waals surface area contributed by atoms with E-state index in [4.69, 9.17) is 28.9 Å². The van der Waals surface area contributed by atoms with Crippen molar-refractivity contribution in [2.75, 3.05) is 5.73 Å². The number of nitrogens with zero attached hydrogens (tertiary/aromatic N) is 4. The van der Waals surface area contributed by atoms with Crippen LogP contribution in [0.5, 0.6) is 0 Å². The van der Waals surface area contributed by atoms with Crippen molar-refractivity contribution in [1.82, 2.24) is 13.7 Å². The first-order chi connectivity index (χ1) is 14.6. The number of fused-ring (bicyclic) bond motifs is 1. The SMILES string of the molecule is Cn1c(=O)c2c(-c3cccc([N+](=O)[O-])c3)n(-c3cc(Cl)c(N)c(Cl)c3)cc2n(C)c1=O. The van der Waals surface area contributed by atoms with E-state index in [0.717, 1.165) is 4.57 Å². The third-order valence-electron chi connectivity index (χ3n) is 5.11. The lowest BCUT2D eigenvalue weighted by Gasteiger charge is -2.12. The average molecular weight is 460 g/mol. The molecule has 0 atom stereocenters. The van der Waals surface area contributed by atoms with Crippen molar-refractivity contribution < 1.29 is 4.92 Å². The number of nitro benzene ring substituents is 1. The van der Waals surface area contributed by atoms with Crippen LogP contribution in [0.15, 0.2) is 52.2 Å². The van der Waals surface area contributed by atoms with E-state index in [1.165, 1.54) is 36.9 Å². The lowest BCUT2D eigenvalue weighted by atomic mass is 10.1. The van der Waals surface area contributed by atoms with Crippen LogP contribution >= 0.6 is 23.2 Å². The highest BCUT2D eigenvalue weighted by molar-refractivity contribution is 6.39. The summed E-state index contributed by atoms with van der Waals surface area (Å²) in [6.45, 7) is 0. The Bertz CT molecular complexity index is 1490. The largest absolute Gasteiger partial charge is 0.396 e. The Kier molecular flexibility index (Phi) is 4.87. The van der Waals surface area contributed by atoms with E-state index < -0.39 is 16.2 Å². The molecule has 11 heteroatoms. The number of nitrogens with two attached hydrogens (primary N) is 1. The molecular formula is C20H15Cl2N5O4. The second kappa shape index (κ2) is 7.29. The predicted octanol–water partition coefficient (Wildman–Crippen LogP) is 3.49. The fraction of sp³-hybridized carbons (Fsp3) is 0.100. The van der Waals surface area contributed by atoms with Crippen molar-refractivity contribution in [3.8, 4) is 16.9 Å². The Morgan fingerprint density at radius 2 is 1.68 bits per heavy atom. The van der Waals surface area contributed by atoms with E-state index in [2.05, 4.69) is 0 Å². The van der Waals surface area contributed by atoms with Gasteiger partial charge >= 0.3 is 5.69 Å². The Morgan fingerprint density at radius 1 is 1.03 bits per heavy atom. The molecule has 0 aliphatic rings. The molecule has 0 amide bonds. The molecule has 0 saturated heterocycles. The molecule has 0 fully saturated rings. The van der Waals surface area contributed by atoms with Crippen molar-refractivity contribution >= 4 is 45.5 Å². The summed E-state index contributed by atoms with van der Waals surface area (Å²) in [5.41, 5.74) is 6.43. The second-order valence-electron chi connectivity index (χ2n) is 6.94. The number of anilines is 1. The molecule has 0 bridgehead atoms. The minimum atomic E-state index is -0.536. The molecule has 2 aromatic heterocycles. The molecule has 2 heterocycles. The molecule has 0 aliphatic heterocycles. The van der Waals surface area contributed by atoms with Crippen LogP contribution in [0, 0.1) is 10.1 Å². The molecule has 4 rings (SSSR count). The number of nitrogen functional groups attached to an aromatic ring is 1. The van der Waals surface area contributed by atoms with E-state index in [1.807, 2.05) is 0 Å². The summed E-state index contributed by atoms with van der Waals surface area (Å²) in [5, 5.41) is 11.9. The summed E-state index contributed by atoms with van der Waals surface area (Å²) >= 11 is 12.4. The van der Waals surface area contributed by atoms with Crippen LogP contribution in [-0.2, 0) is 14.1 Å². The number of benzene rings is 2. The first-order valence-electron chi connectivity index (χ1n) is 8.92. The number of non-ortho nitro benzene ring substituents is 1. The molecule has 0 spiro atoms. The maximum Gasteiger partial charge on any atom is 0.330 e. The normalized spacial score (nSPS) is 11.2. The van der Waals surface area contributed by atoms with Crippen LogP contribution in [-0.4, -0.2) is 18.6 Å². The zero-order valence-corrected chi connectivity index (χ0v) is 17.8. The highest BCUT2D eigenvalue weighted by Crippen LogP contribution is 2.36. The number of aryl methyl sites for hydroxylation is 1. The lowest BCUT2D eigenvalue weighted by Crippen LogP contribution is -2.36. The standard InChI is InChI=1S/C20H15Cl2N5O4/c1-24-15-9-26(12-7-13(21)17(23)14(22)8-12)18(16(15)19(28)25(2)20(24)29)10-4-3-5-11(6-10)27(30)31/h3-9H,23H2,1-2H3. The molecule has 2 N–H and O–H groups in total. The van der Waals surface area contributed by atoms with Crippen LogP contribution in [0.3, 0.4) is 0 Å². The number of aromatic nitrogens is 3. The summed E-state index contributed by atoms with van der Waals surface area (Å²) in [7, 11) is 2.91. The quantitative estimate of drug-likeness (QED) is 0.285. The number of halogens is 2. The minimum absolute atomic E-state index is 0.145. The van der Waals surface area contributed by atoms with Crippen LogP contribution < -0.4 is 17.0 Å². The second-order valence-corrected chi connectivity index (χ2v) is 7.76. The van der Waals surface area contributed by atoms with E-state index in [9.17, 15) is 19.7 Å². The average Bonchev–Trinajstić information content (AvgIpc) is 3.15. The van der Waals surface area contributed by atoms with Gasteiger partial charge < -0.3 is 10.3 Å². The summed E-state index contributed by atoms with van der Waals surface area (Å²) in [6, 6.07) is 8.99. The summed E-state index contributed by atoms with van der Waals surface area (Å²) in [4.78, 5) is 36.3. The van der Waals surface area contributed by atoms with Gasteiger partial charge in [0.15, 0.2) is 0 Å². The first-order valence-corrected chi connectivity index (χ1v) is 9.68. The van der Waals surface area contributed by atoms with Gasteiger partial charge in [0.05, 0.1) is 37.3 Å². The Morgan fingerprint density at radius 3 is 2.29 bits per heavy atom. The van der Waals surface area contributed by atoms with E-state index in [1.54, 1.807) is 29.0 Å². The van der Waals surface area contributed by atoms with Gasteiger partial charge in [-0.05, 0) is 12.1 Å². The van der Waals surface area contributed by atoms with E-state index in [0.29, 0.717) is 22.5 Å². The molecule has 0 unspecified atom stereocenters. The van der Waals surface area contributed by atoms with Gasteiger partial charge in [0.1, 0.15) is 0 Å². The maximum atomic E-state index is 13.1. The topological polar surface area (TPSA) is 118 Å². The first kappa shape index (κ1) is 20.7. The van der Waals surface area contributed by atoms with Gasteiger partial charge in [0, 0.05) is 43.7 Å². The van der Waals surface area contributed by atoms with E-state index >= 15 is 0 Å². The van der Waals surface area contributed by atoms with Gasteiger partial charge in [-0.15, -0.1) is 0 Å². The predicted molar refractivity (Wildman–Crippen MR) is 120 cm³/mol. The molecule has 0 aliphatic carbocycles. The Labute approximate surface area is 184 Å². The van der Waals surface area contributed by atoms with Crippen molar-refractivity contribution in [2.45, 2.75) is 0 Å². The lowest BCUT2D eigenvalue weighted by molar-refractivity contribution is -0.384. The number of nitro groups is 1. The van der Waals surface area contributed by atoms with Crippen LogP contribution in [0.25, 0.3) is 27.8 Å². The summed E-state index contributed by atoms with van der Waals surface area (Å²) < 4.78 is 3.92. The zero-order valence-electron chi connectivity index (χ0n) is 16.3. The highest BCUT2D eigenvalue weighted by atomic mass is 35.5. The summed E-state index contributed by atoms with van der Waals surface area (Å²) in [6.07, 6.45) is 1.59. The Hall–Kier alpha value is -3.56. The van der Waals surface area contributed by atoms with Crippen LogP contribution in [0.1, 0.15) is 0 Å². The zero-order chi connectivity index (χ0) is 22.6. The number of hydrogen-bond acceptors (Lipinski definition) is 5. The molecule has 0 saturated carbocycles. The molecule has 2 aromatic carbocycles. The molecule has 31 heavy (non-hydrogen) atoms. The van der Waals surface area contributed by atoms with Gasteiger partial charge in [-0.3, -0.25) is 24.0 Å². The van der Waals surface area contributed by atoms with Gasteiger partial charge in [-0.25, -0.2) is 4.79 Å². The van der Waals surface area contributed by atoms with Crippen LogP contribution in [0.2, 0.25) is 10.0 Å². The molecule has 4 aromatic rings. The molecule has 158 valence electrons. The van der Waals surface area contributed by atoms with Crippen molar-refractivity contribution in [3.05, 3.63) is 83.6 Å². The molecular weight excluding hydrogens is 445 g/mol. The fourth-order valence-corrected chi connectivity index (χ4v) is 3.98. The maximum absolute atomic E-state index is 13.1. The molecule has 9 nitrogen and oxygen atoms in total. The smallest absolute Gasteiger partial charge is 0.330 e.